The van der Waals surface area contributed by atoms with E-state index in [1.165, 1.54) is 19.6 Å². The Morgan fingerprint density at radius 2 is 1.03 bits per heavy atom. The van der Waals surface area contributed by atoms with Crippen molar-refractivity contribution in [3.05, 3.63) is 93.3 Å². The molecule has 24 nitrogen and oxygen atoms in total. The van der Waals surface area contributed by atoms with Crippen molar-refractivity contribution in [2.45, 2.75) is 276 Å². The monoisotopic (exact) mass is 1740 g/mol. The van der Waals surface area contributed by atoms with Crippen LogP contribution >= 0.6 is 47.2 Å². The number of fused-ring (bicyclic) bond motifs is 10. The molecule has 6 fully saturated rings. The van der Waals surface area contributed by atoms with Gasteiger partial charge in [-0.1, -0.05) is 122 Å². The molecule has 14 rings (SSSR count). The highest BCUT2D eigenvalue weighted by Crippen LogP contribution is 2.60. The van der Waals surface area contributed by atoms with Gasteiger partial charge in [0, 0.05) is 75.1 Å². The molecule has 2 spiro atoms. The summed E-state index contributed by atoms with van der Waals surface area (Å²) in [6, 6.07) is 8.61. The van der Waals surface area contributed by atoms with Crippen molar-refractivity contribution >= 4 is 136 Å². The van der Waals surface area contributed by atoms with Crippen LogP contribution in [0.2, 0.25) is 10.0 Å². The predicted octanol–water partition coefficient (Wildman–Crippen LogP) is 15.0. The van der Waals surface area contributed by atoms with Crippen LogP contribution in [0.4, 0.5) is 4.79 Å². The number of halogens is 4. The van der Waals surface area contributed by atoms with E-state index >= 15 is 0 Å². The van der Waals surface area contributed by atoms with E-state index in [4.69, 9.17) is 64.7 Å². The Balaban J connectivity index is 0.000000209. The molecule has 30 heteroatoms. The van der Waals surface area contributed by atoms with E-state index in [0.717, 1.165) is 90.0 Å². The average Bonchev–Trinajstić information content (AvgIpc) is 1.55. The van der Waals surface area contributed by atoms with Gasteiger partial charge in [0.25, 0.3) is 0 Å². The van der Waals surface area contributed by atoms with Gasteiger partial charge in [0.15, 0.2) is 11.6 Å². The van der Waals surface area contributed by atoms with Gasteiger partial charge < -0.3 is 39.4 Å². The van der Waals surface area contributed by atoms with Crippen LogP contribution in [0.3, 0.4) is 0 Å². The summed E-state index contributed by atoms with van der Waals surface area (Å²) in [4.78, 5) is 124. The van der Waals surface area contributed by atoms with Crippen LogP contribution in [0.5, 0.6) is 11.5 Å². The highest BCUT2D eigenvalue weighted by Gasteiger charge is 2.66. The van der Waals surface area contributed by atoms with Gasteiger partial charge in [-0.2, -0.15) is 0 Å². The zero-order valence-electron chi connectivity index (χ0n) is 69.7. The smallest absolute Gasteiger partial charge is 0.403 e. The van der Waals surface area contributed by atoms with Gasteiger partial charge in [-0.25, -0.2) is 31.6 Å². The number of carbonyl (C=O) groups excluding carboxylic acids is 8. The predicted molar refractivity (Wildman–Crippen MR) is 455 cm³/mol. The molecular weight excluding hydrogens is 1620 g/mol. The number of esters is 1. The number of allylic oxidation sites excluding steroid dienone is 4. The van der Waals surface area contributed by atoms with Gasteiger partial charge in [0.2, 0.25) is 43.7 Å². The van der Waals surface area contributed by atoms with Crippen LogP contribution in [0, 0.1) is 54.3 Å². The second-order valence-electron chi connectivity index (χ2n) is 35.5. The number of ether oxygens (including phenoxy) is 4. The third-order valence-electron chi connectivity index (χ3n) is 25.6. The lowest BCUT2D eigenvalue weighted by molar-refractivity contribution is -0.151. The van der Waals surface area contributed by atoms with E-state index < -0.39 is 98.8 Å². The van der Waals surface area contributed by atoms with Gasteiger partial charge in [0.1, 0.15) is 22.7 Å². The molecular formula is C87H120Cl4N8O16S2. The second-order valence-corrected chi connectivity index (χ2v) is 41.1. The number of nitrogens with one attached hydrogen (secondary N) is 2. The summed E-state index contributed by atoms with van der Waals surface area (Å²) < 4.78 is 79.0. The highest BCUT2D eigenvalue weighted by atomic mass is 35.5. The molecule has 4 amide bonds. The van der Waals surface area contributed by atoms with E-state index in [1.807, 2.05) is 96.2 Å². The fraction of sp³-hybridized carbons (Fsp3) is 0.655. The first-order valence-electron chi connectivity index (χ1n) is 41.9. The molecule has 6 aliphatic heterocycles. The minimum atomic E-state index is -3.94. The number of amides is 4. The lowest BCUT2D eigenvalue weighted by Gasteiger charge is -2.36. The normalized spacial score (nSPS) is 28.3. The van der Waals surface area contributed by atoms with Gasteiger partial charge in [-0.15, -0.1) is 12.4 Å². The molecule has 10 aliphatic rings. The SMILES string of the molecule is CC(C)COC(=O)Cl.CCN(CC)CC.Cc1nc2ccc(Cl)cc2c2c1O[C@]1(CC2)C[C@H]2C(=O)C[C@]3(C(=O)NS(=O)(=O)C4(C)CC4)C[C@H]3/C=C\CCCCCC(CC(=O)OCC(C)C)C(=O)N2C1.Cc1nc2ccc(Cl)cc2c2c1O[C@]1(CC2)C[C@H]2C(=O)C[C@]3(C(=O)NS(=O)(=O)C4(C)CC4)C[C@H]3/C=C\CCCCC[C@H](N)C(=O)N2C1.Cl. The molecule has 1 unspecified atom stereocenters. The lowest BCUT2D eigenvalue weighted by Crippen LogP contribution is -2.50. The molecule has 4 aromatic rings. The summed E-state index contributed by atoms with van der Waals surface area (Å²) in [7, 11) is -7.82. The van der Waals surface area contributed by atoms with Crippen molar-refractivity contribution in [3.63, 3.8) is 0 Å². The number of carbonyl (C=O) groups is 8. The highest BCUT2D eigenvalue weighted by molar-refractivity contribution is 7.92. The third kappa shape index (κ3) is 21.3. The number of Topliss-reactive ketones (excluding diaryl/α,β-unsaturated/α-hetero) is 2. The molecule has 2 saturated heterocycles. The van der Waals surface area contributed by atoms with Crippen molar-refractivity contribution in [1.82, 2.24) is 34.1 Å². The largest absolute Gasteiger partial charge is 0.483 e. The molecule has 4 saturated carbocycles. The Morgan fingerprint density at radius 3 is 1.42 bits per heavy atom. The summed E-state index contributed by atoms with van der Waals surface area (Å²) in [5.41, 5.74) is 6.61. The zero-order valence-corrected chi connectivity index (χ0v) is 74.4. The third-order valence-corrected chi connectivity index (χ3v) is 30.5. The maximum absolute atomic E-state index is 14.8. The van der Waals surface area contributed by atoms with Crippen molar-refractivity contribution in [2.75, 3.05) is 45.9 Å². The van der Waals surface area contributed by atoms with Crippen LogP contribution in [0.15, 0.2) is 60.7 Å². The van der Waals surface area contributed by atoms with Crippen LogP contribution in [0.1, 0.15) is 233 Å². The van der Waals surface area contributed by atoms with E-state index in [9.17, 15) is 55.2 Å². The van der Waals surface area contributed by atoms with E-state index in [1.54, 1.807) is 29.7 Å². The average molecular weight is 1740 g/mol. The standard InChI is InChI=1S/C41H52ClN3O8S.C35H43ClN4O6S.C6H15N.C5H9ClO2.ClH/c1-25(2)23-52-35(47)18-27-10-8-6-5-7-9-11-28-20-41(28,38(49)44-54(50,51)39(4)16-17-39)22-34(46)33-21-40(24-45(33)37(27)48)15-14-30-31-19-29(42)12-13-32(31)43-26(3)36(30)53-40;1-21-30-24(25-16-23(36)10-11-27(25)38-21)12-13-34(46-30)18-28-29(41)19-35(32(43)39-47(44,45)33(2)14-15-33)17-22(35)8-6-4-3-5-7-9-26(37)31(42)40(28)20-34;1-4-7(5-2)6-3;1-4(2)3-8-5(6)7;/h9,11-13,19,25,27-28,33H,5-8,10,14-18,20-24H2,1-4H3,(H,44,49);6,8,10-11,16,22,26,28H,3-5,7,9,12-15,17-20,37H2,1-2H3,(H,39,43);4-6H2,1-3H3;4H,3H2,1-2H3;1H/b11-9-;8-6-;;;/t27?,28-,33+,40-,41-;22-,26+,28+,34-,35-;;;/m11.../s1. The minimum Gasteiger partial charge on any atom is -0.483 e. The summed E-state index contributed by atoms with van der Waals surface area (Å²) in [6.07, 6.45) is 20.5. The summed E-state index contributed by atoms with van der Waals surface area (Å²) in [6.45, 7) is 25.9. The lowest BCUT2D eigenvalue weighted by atomic mass is 9.85. The van der Waals surface area contributed by atoms with Crippen molar-refractivity contribution in [2.24, 2.45) is 46.2 Å². The van der Waals surface area contributed by atoms with E-state index in [-0.39, 0.29) is 105 Å². The van der Waals surface area contributed by atoms with Crippen LogP contribution in [-0.2, 0) is 75.9 Å². The Hall–Kier alpha value is -6.52. The molecule has 2 aromatic carbocycles. The number of pyridine rings is 2. The molecule has 0 radical (unpaired) electrons. The summed E-state index contributed by atoms with van der Waals surface area (Å²) in [5, 5.41) is 3.01. The molecule has 117 heavy (non-hydrogen) atoms. The molecule has 0 bridgehead atoms. The van der Waals surface area contributed by atoms with Crippen LogP contribution < -0.4 is 24.7 Å². The van der Waals surface area contributed by atoms with E-state index in [2.05, 4.69) is 39.9 Å². The van der Waals surface area contributed by atoms with Crippen LogP contribution in [0.25, 0.3) is 21.8 Å². The number of aromatic nitrogens is 2. The van der Waals surface area contributed by atoms with Gasteiger partial charge in [-0.3, -0.25) is 43.0 Å². The quantitative estimate of drug-likeness (QED) is 0.0565. The van der Waals surface area contributed by atoms with Crippen molar-refractivity contribution < 1.29 is 74.1 Å². The second kappa shape index (κ2) is 37.9. The van der Waals surface area contributed by atoms with E-state index in [0.29, 0.717) is 117 Å². The number of aryl methyl sites for hydroxylation is 4. The number of nitrogens with two attached hydrogens (primary N) is 1. The molecule has 4 aliphatic carbocycles. The number of hydrogen-bond donors (Lipinski definition) is 3. The Bertz CT molecular complexity index is 4700. The number of ketones is 2. The fourth-order valence-corrected chi connectivity index (χ4v) is 20.5. The number of rotatable bonds is 15. The maximum atomic E-state index is 14.8. The summed E-state index contributed by atoms with van der Waals surface area (Å²) >= 11 is 17.6. The Labute approximate surface area is 711 Å². The molecule has 4 N–H and O–H groups in total. The minimum absolute atomic E-state index is 0. The first kappa shape index (κ1) is 92.8. The van der Waals surface area contributed by atoms with Crippen LogP contribution in [-0.4, -0.2) is 173 Å². The van der Waals surface area contributed by atoms with Gasteiger partial charge in [0.05, 0.1) is 93.6 Å². The first-order chi connectivity index (χ1) is 54.8. The Morgan fingerprint density at radius 1 is 0.607 bits per heavy atom. The number of benzene rings is 2. The molecule has 8 heterocycles. The number of hydrogen-bond acceptors (Lipinski definition) is 20. The number of nitrogens with zero attached hydrogens (tertiary/aromatic N) is 5. The van der Waals surface area contributed by atoms with Crippen molar-refractivity contribution in [1.29, 1.82) is 0 Å². The first-order valence-corrected chi connectivity index (χ1v) is 46.0. The molecule has 10 atom stereocenters. The molecule has 644 valence electrons. The van der Waals surface area contributed by atoms with Gasteiger partial charge >= 0.3 is 11.4 Å². The zero-order chi connectivity index (χ0) is 84.3. The number of sulfonamides is 2. The molecule has 2 aromatic heterocycles. The maximum Gasteiger partial charge on any atom is 0.403 e. The topological polar surface area (TPSA) is 327 Å². The Kier molecular flexibility index (Phi) is 30.0. The van der Waals surface area contributed by atoms with Gasteiger partial charge in [-0.05, 0) is 210 Å². The summed E-state index contributed by atoms with van der Waals surface area (Å²) in [5.74, 6) is -2.40. The fourth-order valence-electron chi connectivity index (χ4n) is 17.5. The van der Waals surface area contributed by atoms with Crippen molar-refractivity contribution in [3.8, 4) is 11.5 Å².